The molecule has 3 aromatic heterocycles. The molecule has 8 nitrogen and oxygen atoms in total. The van der Waals surface area contributed by atoms with Gasteiger partial charge in [0, 0.05) is 25.0 Å². The molecule has 22 heavy (non-hydrogen) atoms. The van der Waals surface area contributed by atoms with E-state index in [1.165, 1.54) is 12.3 Å². The van der Waals surface area contributed by atoms with Gasteiger partial charge >= 0.3 is 6.09 Å². The van der Waals surface area contributed by atoms with E-state index in [0.717, 1.165) is 0 Å². The Bertz CT molecular complexity index is 700. The van der Waals surface area contributed by atoms with Gasteiger partial charge in [0.2, 0.25) is 11.7 Å². The molecule has 0 aliphatic rings. The predicted octanol–water partition coefficient (Wildman–Crippen LogP) is 2.03. The van der Waals surface area contributed by atoms with Gasteiger partial charge in [-0.25, -0.2) is 14.5 Å². The van der Waals surface area contributed by atoms with Gasteiger partial charge in [0.1, 0.15) is 0 Å². The summed E-state index contributed by atoms with van der Waals surface area (Å²) in [4.78, 5) is 20.1. The van der Waals surface area contributed by atoms with Gasteiger partial charge in [-0.15, -0.1) is 0 Å². The lowest BCUT2D eigenvalue weighted by Gasteiger charge is -2.07. The zero-order valence-corrected chi connectivity index (χ0v) is 11.8. The van der Waals surface area contributed by atoms with Gasteiger partial charge in [0.05, 0.1) is 6.26 Å². The van der Waals surface area contributed by atoms with Crippen molar-refractivity contribution in [1.29, 1.82) is 0 Å². The number of amides is 1. The summed E-state index contributed by atoms with van der Waals surface area (Å²) < 4.78 is 12.0. The Labute approximate surface area is 125 Å². The maximum Gasteiger partial charge on any atom is 0.413 e. The molecule has 0 radical (unpaired) electrons. The Hall–Kier alpha value is -3.16. The van der Waals surface area contributed by atoms with E-state index in [-0.39, 0.29) is 5.88 Å². The van der Waals surface area contributed by atoms with Gasteiger partial charge in [0.25, 0.3) is 0 Å². The molecule has 0 aliphatic carbocycles. The van der Waals surface area contributed by atoms with Crippen LogP contribution in [-0.2, 0) is 0 Å². The third-order valence-electron chi connectivity index (χ3n) is 2.69. The molecule has 0 aliphatic heterocycles. The van der Waals surface area contributed by atoms with Gasteiger partial charge in [-0.3, -0.25) is 0 Å². The predicted molar refractivity (Wildman–Crippen MR) is 76.6 cm³/mol. The molecule has 0 saturated carbocycles. The van der Waals surface area contributed by atoms with E-state index in [2.05, 4.69) is 20.4 Å². The van der Waals surface area contributed by atoms with Crippen molar-refractivity contribution in [2.45, 2.75) is 6.92 Å². The normalized spacial score (nSPS) is 10.4. The number of hydrogen-bond acceptors (Lipinski definition) is 6. The van der Waals surface area contributed by atoms with Gasteiger partial charge in [-0.05, 0) is 25.1 Å². The van der Waals surface area contributed by atoms with Crippen LogP contribution < -0.4 is 10.1 Å². The minimum atomic E-state index is -0.585. The van der Waals surface area contributed by atoms with Crippen molar-refractivity contribution in [3.05, 3.63) is 42.9 Å². The number of nitrogens with one attached hydrogen (secondary N) is 1. The lowest BCUT2D eigenvalue weighted by Crippen LogP contribution is -2.26. The Morgan fingerprint density at radius 2 is 2.32 bits per heavy atom. The second-order valence-electron chi connectivity index (χ2n) is 4.24. The molecule has 1 amide bonds. The van der Waals surface area contributed by atoms with Crippen LogP contribution in [0.3, 0.4) is 0 Å². The summed E-state index contributed by atoms with van der Waals surface area (Å²) in [6.45, 7) is 2.26. The second-order valence-corrected chi connectivity index (χ2v) is 4.24. The monoisotopic (exact) mass is 299 g/mol. The second kappa shape index (κ2) is 6.08. The number of carbonyl (C=O) groups excluding carboxylic acids is 1. The zero-order valence-electron chi connectivity index (χ0n) is 11.8. The molecule has 3 aromatic rings. The van der Waals surface area contributed by atoms with Crippen molar-refractivity contribution < 1.29 is 13.9 Å². The summed E-state index contributed by atoms with van der Waals surface area (Å²) in [6, 6.07) is 6.73. The van der Waals surface area contributed by atoms with Crippen LogP contribution in [0.4, 0.5) is 4.79 Å². The van der Waals surface area contributed by atoms with Crippen molar-refractivity contribution in [2.24, 2.45) is 0 Å². The number of aromatic nitrogens is 4. The topological polar surface area (TPSA) is 95.1 Å². The minimum Gasteiger partial charge on any atom is -0.461 e. The van der Waals surface area contributed by atoms with Crippen LogP contribution in [0.1, 0.15) is 6.92 Å². The lowest BCUT2D eigenvalue weighted by molar-refractivity contribution is 0.199. The zero-order chi connectivity index (χ0) is 15.4. The van der Waals surface area contributed by atoms with E-state index in [9.17, 15) is 4.79 Å². The molecular weight excluding hydrogens is 286 g/mol. The molecule has 0 fully saturated rings. The number of carbonyl (C=O) groups is 1. The first kappa shape index (κ1) is 13.8. The third-order valence-corrected chi connectivity index (χ3v) is 2.69. The minimum absolute atomic E-state index is 0.109. The summed E-state index contributed by atoms with van der Waals surface area (Å²) in [6.07, 6.45) is 4.28. The molecular formula is C14H13N5O3. The van der Waals surface area contributed by atoms with E-state index >= 15 is 0 Å². The van der Waals surface area contributed by atoms with Crippen molar-refractivity contribution in [2.75, 3.05) is 6.54 Å². The number of furan rings is 1. The SMILES string of the molecule is CCNC(=O)Oc1cc(-n2cccn2)nc(-c2ccco2)n1. The fourth-order valence-electron chi connectivity index (χ4n) is 1.78. The molecule has 0 bridgehead atoms. The highest BCUT2D eigenvalue weighted by Gasteiger charge is 2.13. The summed E-state index contributed by atoms with van der Waals surface area (Å²) >= 11 is 0. The standard InChI is InChI=1S/C14H13N5O3/c1-2-15-14(20)22-12-9-11(19-7-4-6-16-19)17-13(18-12)10-5-3-8-21-10/h3-9H,2H2,1H3,(H,15,20). The highest BCUT2D eigenvalue weighted by atomic mass is 16.6. The van der Waals surface area contributed by atoms with Crippen LogP contribution in [-0.4, -0.2) is 32.4 Å². The summed E-state index contributed by atoms with van der Waals surface area (Å²) in [5, 5.41) is 6.64. The molecule has 1 N–H and O–H groups in total. The van der Waals surface area contributed by atoms with Crippen molar-refractivity contribution in [3.63, 3.8) is 0 Å². The largest absolute Gasteiger partial charge is 0.461 e. The average Bonchev–Trinajstić information content (AvgIpc) is 3.21. The number of rotatable bonds is 4. The van der Waals surface area contributed by atoms with E-state index in [4.69, 9.17) is 9.15 Å². The molecule has 112 valence electrons. The molecule has 0 aromatic carbocycles. The molecule has 0 saturated heterocycles. The number of nitrogens with zero attached hydrogens (tertiary/aromatic N) is 4. The first-order valence-corrected chi connectivity index (χ1v) is 6.65. The van der Waals surface area contributed by atoms with E-state index in [0.29, 0.717) is 23.9 Å². The molecule has 0 atom stereocenters. The van der Waals surface area contributed by atoms with Gasteiger partial charge in [0.15, 0.2) is 11.6 Å². The summed E-state index contributed by atoms with van der Waals surface area (Å²) in [7, 11) is 0. The van der Waals surface area contributed by atoms with Crippen molar-refractivity contribution in [3.8, 4) is 23.3 Å². The highest BCUT2D eigenvalue weighted by Crippen LogP contribution is 2.21. The van der Waals surface area contributed by atoms with Crippen molar-refractivity contribution >= 4 is 6.09 Å². The number of ether oxygens (including phenoxy) is 1. The maximum atomic E-state index is 11.6. The average molecular weight is 299 g/mol. The Kier molecular flexibility index (Phi) is 3.82. The Balaban J connectivity index is 2.00. The highest BCUT2D eigenvalue weighted by molar-refractivity contribution is 5.70. The molecule has 0 spiro atoms. The van der Waals surface area contributed by atoms with E-state index in [1.54, 1.807) is 42.2 Å². The summed E-state index contributed by atoms with van der Waals surface area (Å²) in [5.74, 6) is 1.34. The first-order chi connectivity index (χ1) is 10.8. The fraction of sp³-hybridized carbons (Fsp3) is 0.143. The smallest absolute Gasteiger partial charge is 0.413 e. The van der Waals surface area contributed by atoms with Crippen LogP contribution in [0.25, 0.3) is 17.4 Å². The third kappa shape index (κ3) is 2.95. The van der Waals surface area contributed by atoms with Crippen LogP contribution in [0.5, 0.6) is 5.88 Å². The lowest BCUT2D eigenvalue weighted by atomic mass is 10.4. The molecule has 0 unspecified atom stereocenters. The Morgan fingerprint density at radius 1 is 1.41 bits per heavy atom. The van der Waals surface area contributed by atoms with Gasteiger partial charge in [-0.1, -0.05) is 0 Å². The molecule has 3 heterocycles. The maximum absolute atomic E-state index is 11.6. The van der Waals surface area contributed by atoms with Crippen LogP contribution in [0, 0.1) is 0 Å². The van der Waals surface area contributed by atoms with Crippen LogP contribution in [0.15, 0.2) is 47.3 Å². The quantitative estimate of drug-likeness (QED) is 0.792. The van der Waals surface area contributed by atoms with Gasteiger partial charge in [-0.2, -0.15) is 10.1 Å². The summed E-state index contributed by atoms with van der Waals surface area (Å²) in [5.41, 5.74) is 0. The molecule has 8 heteroatoms. The molecule has 3 rings (SSSR count). The van der Waals surface area contributed by atoms with Gasteiger partial charge < -0.3 is 14.5 Å². The first-order valence-electron chi connectivity index (χ1n) is 6.65. The van der Waals surface area contributed by atoms with Crippen LogP contribution in [0.2, 0.25) is 0 Å². The Morgan fingerprint density at radius 3 is 3.00 bits per heavy atom. The fourth-order valence-corrected chi connectivity index (χ4v) is 1.78. The van der Waals surface area contributed by atoms with E-state index in [1.807, 2.05) is 0 Å². The number of hydrogen-bond donors (Lipinski definition) is 1. The van der Waals surface area contributed by atoms with E-state index < -0.39 is 6.09 Å². The van der Waals surface area contributed by atoms with Crippen molar-refractivity contribution in [1.82, 2.24) is 25.1 Å². The van der Waals surface area contributed by atoms with Crippen LogP contribution >= 0.6 is 0 Å².